The van der Waals surface area contributed by atoms with E-state index in [0.29, 0.717) is 11.4 Å². The molecule has 1 atom stereocenters. The first-order chi connectivity index (χ1) is 9.43. The zero-order valence-electron chi connectivity index (χ0n) is 11.4. The molecule has 1 heterocycles. The molecule has 0 aliphatic carbocycles. The second-order valence-electron chi connectivity index (χ2n) is 4.48. The minimum absolute atomic E-state index is 0.0140. The molecule has 1 aliphatic heterocycles. The fraction of sp³-hybridized carbons (Fsp3) is 0.538. The van der Waals surface area contributed by atoms with Crippen molar-refractivity contribution in [2.45, 2.75) is 45.1 Å². The molecule has 0 aromatic heterocycles. The lowest BCUT2D eigenvalue weighted by atomic mass is 10.1. The number of hydrazine groups is 1. The maximum atomic E-state index is 11.9. The average molecular weight is 282 g/mol. The van der Waals surface area contributed by atoms with Crippen LogP contribution < -0.4 is 0 Å². The molecule has 0 aromatic rings. The maximum Gasteiger partial charge on any atom is 0.328 e. The van der Waals surface area contributed by atoms with Gasteiger partial charge in [0.15, 0.2) is 6.04 Å². The quantitative estimate of drug-likeness (QED) is 0.548. The third kappa shape index (κ3) is 3.23. The second-order valence-corrected chi connectivity index (χ2v) is 4.48. The van der Waals surface area contributed by atoms with Gasteiger partial charge in [-0.15, -0.1) is 0 Å². The molecule has 1 unspecified atom stereocenters. The van der Waals surface area contributed by atoms with Crippen LogP contribution in [0.2, 0.25) is 0 Å². The molecule has 1 N–H and O–H groups in total. The van der Waals surface area contributed by atoms with Gasteiger partial charge in [0, 0.05) is 12.8 Å². The van der Waals surface area contributed by atoms with Gasteiger partial charge in [0.25, 0.3) is 5.91 Å². The van der Waals surface area contributed by atoms with Crippen molar-refractivity contribution in [1.82, 2.24) is 10.0 Å². The molecule has 0 saturated carbocycles. The first-order valence-corrected chi connectivity index (χ1v) is 6.48. The smallest absolute Gasteiger partial charge is 0.328 e. The van der Waals surface area contributed by atoms with Crippen LogP contribution in [0.3, 0.4) is 0 Å². The predicted molar refractivity (Wildman–Crippen MR) is 69.1 cm³/mol. The van der Waals surface area contributed by atoms with E-state index < -0.39 is 29.7 Å². The molecule has 1 aliphatic rings. The summed E-state index contributed by atoms with van der Waals surface area (Å²) in [7, 11) is 0. The Kier molecular flexibility index (Phi) is 5.42. The van der Waals surface area contributed by atoms with Crippen LogP contribution in [0.15, 0.2) is 12.7 Å². The highest BCUT2D eigenvalue weighted by Gasteiger charge is 2.41. The highest BCUT2D eigenvalue weighted by molar-refractivity contribution is 6.05. The Morgan fingerprint density at radius 1 is 1.40 bits per heavy atom. The minimum Gasteiger partial charge on any atom is -0.480 e. The van der Waals surface area contributed by atoms with Crippen molar-refractivity contribution in [2.75, 3.05) is 0 Å². The number of hydrogen-bond donors (Lipinski definition) is 1. The van der Waals surface area contributed by atoms with E-state index in [0.717, 1.165) is 17.5 Å². The van der Waals surface area contributed by atoms with Crippen molar-refractivity contribution >= 4 is 23.7 Å². The summed E-state index contributed by atoms with van der Waals surface area (Å²) >= 11 is 0. The van der Waals surface area contributed by atoms with E-state index in [1.807, 2.05) is 6.92 Å². The van der Waals surface area contributed by atoms with Crippen LogP contribution in [-0.2, 0) is 19.2 Å². The van der Waals surface area contributed by atoms with Crippen molar-refractivity contribution in [3.63, 3.8) is 0 Å². The predicted octanol–water partition coefficient (Wildman–Crippen LogP) is 0.708. The monoisotopic (exact) mass is 282 g/mol. The van der Waals surface area contributed by atoms with Gasteiger partial charge in [-0.05, 0) is 12.5 Å². The Labute approximate surface area is 116 Å². The number of hydrogen-bond acceptors (Lipinski definition) is 4. The van der Waals surface area contributed by atoms with E-state index in [1.54, 1.807) is 0 Å². The Balaban J connectivity index is 3.12. The topological polar surface area (TPSA) is 95.0 Å². The highest BCUT2D eigenvalue weighted by Crippen LogP contribution is 2.20. The molecular formula is C13H18N2O5. The van der Waals surface area contributed by atoms with Gasteiger partial charge in [-0.2, -0.15) is 5.01 Å². The number of carbonyl (C=O) groups excluding carboxylic acids is 3. The molecule has 0 bridgehead atoms. The molecule has 1 fully saturated rings. The van der Waals surface area contributed by atoms with Crippen LogP contribution in [0.5, 0.6) is 0 Å². The number of unbranched alkanes of at least 4 members (excludes halogenated alkanes) is 1. The molecule has 7 heteroatoms. The zero-order valence-corrected chi connectivity index (χ0v) is 11.4. The van der Waals surface area contributed by atoms with Gasteiger partial charge in [0.2, 0.25) is 11.8 Å². The highest BCUT2D eigenvalue weighted by atomic mass is 16.4. The van der Waals surface area contributed by atoms with E-state index in [1.165, 1.54) is 0 Å². The third-order valence-electron chi connectivity index (χ3n) is 3.05. The van der Waals surface area contributed by atoms with Gasteiger partial charge in [0.05, 0.1) is 0 Å². The maximum absolute atomic E-state index is 11.9. The SMILES string of the molecule is C=CC(=O)N(C(CCCC)C(=O)O)N1C(=O)CCC1=O. The van der Waals surface area contributed by atoms with Crippen LogP contribution in [0.4, 0.5) is 0 Å². The number of carbonyl (C=O) groups is 4. The van der Waals surface area contributed by atoms with E-state index in [-0.39, 0.29) is 19.3 Å². The molecule has 0 aromatic carbocycles. The Hall–Kier alpha value is -2.18. The van der Waals surface area contributed by atoms with Crippen LogP contribution in [-0.4, -0.2) is 44.9 Å². The van der Waals surface area contributed by atoms with Crippen molar-refractivity contribution in [3.8, 4) is 0 Å². The van der Waals surface area contributed by atoms with Crippen molar-refractivity contribution in [3.05, 3.63) is 12.7 Å². The summed E-state index contributed by atoms with van der Waals surface area (Å²) in [4.78, 5) is 46.7. The van der Waals surface area contributed by atoms with E-state index >= 15 is 0 Å². The lowest BCUT2D eigenvalue weighted by molar-refractivity contribution is -0.176. The molecule has 7 nitrogen and oxygen atoms in total. The van der Waals surface area contributed by atoms with Gasteiger partial charge in [-0.25, -0.2) is 9.80 Å². The summed E-state index contributed by atoms with van der Waals surface area (Å²) < 4.78 is 0. The third-order valence-corrected chi connectivity index (χ3v) is 3.05. The molecule has 0 spiro atoms. The average Bonchev–Trinajstić information content (AvgIpc) is 2.73. The number of imide groups is 1. The van der Waals surface area contributed by atoms with Crippen molar-refractivity contribution < 1.29 is 24.3 Å². The lowest BCUT2D eigenvalue weighted by Crippen LogP contribution is -2.56. The minimum atomic E-state index is -1.25. The summed E-state index contributed by atoms with van der Waals surface area (Å²) in [6.07, 6.45) is 2.35. The Morgan fingerprint density at radius 2 is 1.95 bits per heavy atom. The van der Waals surface area contributed by atoms with E-state index in [9.17, 15) is 24.3 Å². The number of carboxylic acids is 1. The normalized spacial score (nSPS) is 16.1. The van der Waals surface area contributed by atoms with E-state index in [4.69, 9.17) is 0 Å². The molecule has 1 saturated heterocycles. The summed E-state index contributed by atoms with van der Waals surface area (Å²) in [5, 5.41) is 10.6. The summed E-state index contributed by atoms with van der Waals surface area (Å²) in [6, 6.07) is -1.24. The first-order valence-electron chi connectivity index (χ1n) is 6.48. The molecular weight excluding hydrogens is 264 g/mol. The van der Waals surface area contributed by atoms with Gasteiger partial charge >= 0.3 is 5.97 Å². The number of aliphatic carboxylic acids is 1. The van der Waals surface area contributed by atoms with Gasteiger partial charge < -0.3 is 5.11 Å². The number of carboxylic acid groups (broad SMARTS) is 1. The van der Waals surface area contributed by atoms with Crippen LogP contribution >= 0.6 is 0 Å². The first kappa shape index (κ1) is 15.9. The van der Waals surface area contributed by atoms with Crippen molar-refractivity contribution in [1.29, 1.82) is 0 Å². The van der Waals surface area contributed by atoms with Crippen LogP contribution in [0.25, 0.3) is 0 Å². The second kappa shape index (κ2) is 6.83. The molecule has 110 valence electrons. The summed E-state index contributed by atoms with van der Waals surface area (Å²) in [5.41, 5.74) is 0. The standard InChI is InChI=1S/C13H18N2O5/c1-3-5-6-9(13(19)20)14(10(16)4-2)15-11(17)7-8-12(15)18/h4,9H,2-3,5-8H2,1H3,(H,19,20). The van der Waals surface area contributed by atoms with E-state index in [2.05, 4.69) is 6.58 Å². The largest absolute Gasteiger partial charge is 0.480 e. The fourth-order valence-corrected chi connectivity index (χ4v) is 2.04. The summed E-state index contributed by atoms with van der Waals surface area (Å²) in [5.74, 6) is -3.14. The lowest BCUT2D eigenvalue weighted by Gasteiger charge is -2.33. The zero-order chi connectivity index (χ0) is 15.3. The van der Waals surface area contributed by atoms with Gasteiger partial charge in [0.1, 0.15) is 0 Å². The molecule has 3 amide bonds. The van der Waals surface area contributed by atoms with Gasteiger partial charge in [-0.3, -0.25) is 14.4 Å². The number of amides is 3. The Bertz CT molecular complexity index is 430. The fourth-order valence-electron chi connectivity index (χ4n) is 2.04. The van der Waals surface area contributed by atoms with Gasteiger partial charge in [-0.1, -0.05) is 26.3 Å². The Morgan fingerprint density at radius 3 is 2.35 bits per heavy atom. The molecule has 1 rings (SSSR count). The number of nitrogens with zero attached hydrogens (tertiary/aromatic N) is 2. The van der Waals surface area contributed by atoms with Crippen LogP contribution in [0, 0.1) is 0 Å². The van der Waals surface area contributed by atoms with Crippen molar-refractivity contribution in [2.24, 2.45) is 0 Å². The van der Waals surface area contributed by atoms with Crippen LogP contribution in [0.1, 0.15) is 39.0 Å². The summed E-state index contributed by atoms with van der Waals surface area (Å²) in [6.45, 7) is 5.17. The molecule has 20 heavy (non-hydrogen) atoms. The number of rotatable bonds is 7. The molecule has 0 radical (unpaired) electrons.